The summed E-state index contributed by atoms with van der Waals surface area (Å²) in [6, 6.07) is -0.758. The lowest BCUT2D eigenvalue weighted by molar-refractivity contribution is -0.141. The Balaban J connectivity index is 5.33. The van der Waals surface area contributed by atoms with Gasteiger partial charge in [-0.3, -0.25) is 14.5 Å². The van der Waals surface area contributed by atoms with Crippen LogP contribution in [0.1, 0.15) is 60.8 Å². The summed E-state index contributed by atoms with van der Waals surface area (Å²) in [6.45, 7) is 11.4. The molecule has 0 aromatic carbocycles. The number of nitrogens with zero attached hydrogens (tertiary/aromatic N) is 1. The first kappa shape index (κ1) is 20.4. The molecule has 0 saturated heterocycles. The number of ketones is 1. The molecule has 0 aliphatic heterocycles. The number of carboxylic acid groups (broad SMARTS) is 1. The number of hydrogen-bond donors (Lipinski definition) is 1. The average molecular weight is 315 g/mol. The van der Waals surface area contributed by atoms with Gasteiger partial charge in [-0.05, 0) is 39.5 Å². The van der Waals surface area contributed by atoms with E-state index in [9.17, 15) is 14.4 Å². The number of carbonyl (C=O) groups excluding carboxylic acids is 2. The van der Waals surface area contributed by atoms with Crippen LogP contribution in [0.15, 0.2) is 0 Å². The Bertz CT molecular complexity index is 398. The molecule has 0 aliphatic rings. The fourth-order valence-corrected chi connectivity index (χ4v) is 2.08. The van der Waals surface area contributed by atoms with Crippen molar-refractivity contribution >= 4 is 17.8 Å². The molecule has 1 N–H and O–H groups in total. The van der Waals surface area contributed by atoms with Gasteiger partial charge < -0.3 is 9.84 Å². The molecule has 1 amide bonds. The lowest BCUT2D eigenvalue weighted by Gasteiger charge is -2.33. The largest absolute Gasteiger partial charge is 0.481 e. The zero-order valence-electron chi connectivity index (χ0n) is 14.5. The Morgan fingerprint density at radius 3 is 2.09 bits per heavy atom. The zero-order chi connectivity index (χ0) is 17.5. The van der Waals surface area contributed by atoms with E-state index in [-0.39, 0.29) is 5.92 Å². The molecule has 22 heavy (non-hydrogen) atoms. The van der Waals surface area contributed by atoms with Gasteiger partial charge in [0.1, 0.15) is 12.0 Å². The molecule has 0 aromatic rings. The van der Waals surface area contributed by atoms with Gasteiger partial charge in [-0.25, -0.2) is 4.79 Å². The smallest absolute Gasteiger partial charge is 0.410 e. The van der Waals surface area contributed by atoms with Gasteiger partial charge in [-0.2, -0.15) is 0 Å². The minimum atomic E-state index is -1.18. The summed E-state index contributed by atoms with van der Waals surface area (Å²) in [7, 11) is 0. The second-order valence-electron chi connectivity index (χ2n) is 6.86. The van der Waals surface area contributed by atoms with E-state index in [0.717, 1.165) is 0 Å². The lowest BCUT2D eigenvalue weighted by Crippen LogP contribution is -2.48. The molecule has 0 unspecified atom stereocenters. The predicted octanol–water partition coefficient (Wildman–Crippen LogP) is 3.09. The number of Topliss-reactive ketones (excluding diaryl/α,β-unsaturated/α-hetero) is 1. The van der Waals surface area contributed by atoms with E-state index < -0.39 is 35.9 Å². The van der Waals surface area contributed by atoms with Crippen molar-refractivity contribution in [2.45, 2.75) is 72.4 Å². The van der Waals surface area contributed by atoms with Crippen molar-refractivity contribution in [2.24, 2.45) is 5.92 Å². The first-order valence-corrected chi connectivity index (χ1v) is 7.72. The van der Waals surface area contributed by atoms with Crippen LogP contribution >= 0.6 is 0 Å². The third-order valence-electron chi connectivity index (χ3n) is 2.86. The summed E-state index contributed by atoms with van der Waals surface area (Å²) < 4.78 is 5.36. The Morgan fingerprint density at radius 1 is 1.18 bits per heavy atom. The van der Waals surface area contributed by atoms with E-state index >= 15 is 0 Å². The van der Waals surface area contributed by atoms with Crippen LogP contribution in [0.4, 0.5) is 4.79 Å². The molecule has 0 spiro atoms. The molecule has 0 radical (unpaired) electrons. The number of aliphatic carboxylic acids is 1. The highest BCUT2D eigenvalue weighted by Gasteiger charge is 2.33. The summed E-state index contributed by atoms with van der Waals surface area (Å²) in [4.78, 5) is 36.8. The highest BCUT2D eigenvalue weighted by atomic mass is 16.6. The molecule has 6 heteroatoms. The van der Waals surface area contributed by atoms with Crippen molar-refractivity contribution in [2.75, 3.05) is 6.54 Å². The maximum Gasteiger partial charge on any atom is 0.410 e. The van der Waals surface area contributed by atoms with Crippen molar-refractivity contribution in [3.63, 3.8) is 0 Å². The molecule has 6 nitrogen and oxygen atoms in total. The summed E-state index contributed by atoms with van der Waals surface area (Å²) in [5, 5.41) is 8.85. The van der Waals surface area contributed by atoms with Gasteiger partial charge in [0.05, 0.1) is 6.04 Å². The molecule has 0 rings (SSSR count). The van der Waals surface area contributed by atoms with Crippen LogP contribution in [0.25, 0.3) is 0 Å². The van der Waals surface area contributed by atoms with Crippen molar-refractivity contribution in [3.05, 3.63) is 0 Å². The molecule has 128 valence electrons. The SMILES string of the molecule is CCCN(C(=O)OC(C)(C)C)[C@@H](CC(C)C)C(=O)CC(=O)O. The highest BCUT2D eigenvalue weighted by Crippen LogP contribution is 2.19. The summed E-state index contributed by atoms with van der Waals surface area (Å²) in [5.41, 5.74) is -0.665. The van der Waals surface area contributed by atoms with Crippen LogP contribution in [0.5, 0.6) is 0 Å². The van der Waals surface area contributed by atoms with E-state index in [1.807, 2.05) is 20.8 Å². The number of carbonyl (C=O) groups is 3. The van der Waals surface area contributed by atoms with Crippen molar-refractivity contribution < 1.29 is 24.2 Å². The van der Waals surface area contributed by atoms with Crippen molar-refractivity contribution in [3.8, 4) is 0 Å². The Labute approximate surface area is 132 Å². The molecule has 0 bridgehead atoms. The number of amides is 1. The fourth-order valence-electron chi connectivity index (χ4n) is 2.08. The standard InChI is InChI=1S/C16H29NO5/c1-7-8-17(15(21)22-16(4,5)6)12(9-11(2)3)13(18)10-14(19)20/h11-12H,7-10H2,1-6H3,(H,19,20)/t12-/m0/s1. The molecule has 0 aromatic heterocycles. The van der Waals surface area contributed by atoms with E-state index in [4.69, 9.17) is 9.84 Å². The molecule has 0 heterocycles. The van der Waals surface area contributed by atoms with Crippen molar-refractivity contribution in [1.82, 2.24) is 4.90 Å². The number of hydrogen-bond acceptors (Lipinski definition) is 4. The molecule has 0 aliphatic carbocycles. The van der Waals surface area contributed by atoms with Crippen molar-refractivity contribution in [1.29, 1.82) is 0 Å². The summed E-state index contributed by atoms with van der Waals surface area (Å²) in [6.07, 6.45) is -0.0707. The van der Waals surface area contributed by atoms with E-state index in [1.165, 1.54) is 4.90 Å². The first-order chi connectivity index (χ1) is 9.97. The quantitative estimate of drug-likeness (QED) is 0.696. The maximum absolute atomic E-state index is 12.4. The predicted molar refractivity (Wildman–Crippen MR) is 83.7 cm³/mol. The second-order valence-corrected chi connectivity index (χ2v) is 6.86. The topological polar surface area (TPSA) is 83.9 Å². The van der Waals surface area contributed by atoms with Crippen LogP contribution in [-0.4, -0.2) is 46.0 Å². The average Bonchev–Trinajstić information content (AvgIpc) is 2.29. The second kappa shape index (κ2) is 8.76. The number of ether oxygens (including phenoxy) is 1. The van der Waals surface area contributed by atoms with Gasteiger partial charge in [0, 0.05) is 6.54 Å². The van der Waals surface area contributed by atoms with Crippen LogP contribution < -0.4 is 0 Å². The molecule has 0 saturated carbocycles. The third kappa shape index (κ3) is 8.00. The summed E-state index contributed by atoms with van der Waals surface area (Å²) >= 11 is 0. The van der Waals surface area contributed by atoms with Gasteiger partial charge in [0.2, 0.25) is 0 Å². The normalized spacial score (nSPS) is 12.9. The third-order valence-corrected chi connectivity index (χ3v) is 2.86. The van der Waals surface area contributed by atoms with Gasteiger partial charge >= 0.3 is 12.1 Å². The van der Waals surface area contributed by atoms with E-state index in [2.05, 4.69) is 0 Å². The van der Waals surface area contributed by atoms with Crippen LogP contribution in [0, 0.1) is 5.92 Å². The number of rotatable bonds is 8. The van der Waals surface area contributed by atoms with Gasteiger partial charge in [0.25, 0.3) is 0 Å². The minimum absolute atomic E-state index is 0.157. The Kier molecular flexibility index (Phi) is 8.12. The molecule has 1 atom stereocenters. The van der Waals surface area contributed by atoms with Crippen LogP contribution in [-0.2, 0) is 14.3 Å². The zero-order valence-corrected chi connectivity index (χ0v) is 14.5. The van der Waals surface area contributed by atoms with Crippen LogP contribution in [0.3, 0.4) is 0 Å². The first-order valence-electron chi connectivity index (χ1n) is 7.72. The Morgan fingerprint density at radius 2 is 1.73 bits per heavy atom. The minimum Gasteiger partial charge on any atom is -0.481 e. The van der Waals surface area contributed by atoms with Gasteiger partial charge in [-0.15, -0.1) is 0 Å². The fraction of sp³-hybridized carbons (Fsp3) is 0.812. The highest BCUT2D eigenvalue weighted by molar-refractivity contribution is 5.99. The van der Waals surface area contributed by atoms with Crippen LogP contribution in [0.2, 0.25) is 0 Å². The van der Waals surface area contributed by atoms with Gasteiger partial charge in [0.15, 0.2) is 5.78 Å². The Hall–Kier alpha value is -1.59. The van der Waals surface area contributed by atoms with E-state index in [0.29, 0.717) is 19.4 Å². The van der Waals surface area contributed by atoms with Gasteiger partial charge in [-0.1, -0.05) is 20.8 Å². The van der Waals surface area contributed by atoms with E-state index in [1.54, 1.807) is 20.8 Å². The maximum atomic E-state index is 12.4. The lowest BCUT2D eigenvalue weighted by atomic mass is 9.97. The molecular weight excluding hydrogens is 286 g/mol. The number of carboxylic acids is 1. The monoisotopic (exact) mass is 315 g/mol. The summed E-state index contributed by atoms with van der Waals surface area (Å²) in [5.74, 6) is -1.48. The molecule has 0 fully saturated rings. The molecular formula is C16H29NO5.